The molecule has 2 rings (SSSR count). The number of anilines is 1. The molecule has 128 valence electrons. The number of carbonyl (C=O) groups excluding carboxylic acids is 1. The minimum Gasteiger partial charge on any atom is -0.491 e. The van der Waals surface area contributed by atoms with Gasteiger partial charge in [0.1, 0.15) is 11.5 Å². The summed E-state index contributed by atoms with van der Waals surface area (Å²) in [6.45, 7) is 7.76. The number of rotatable bonds is 7. The first-order chi connectivity index (χ1) is 11.5. The molecule has 1 atom stereocenters. The zero-order chi connectivity index (χ0) is 17.5. The molecule has 0 aliphatic carbocycles. The van der Waals surface area contributed by atoms with Gasteiger partial charge in [-0.3, -0.25) is 4.79 Å². The number of carbonyl (C=O) groups is 1. The third kappa shape index (κ3) is 5.01. The average Bonchev–Trinajstić information content (AvgIpc) is 2.56. The van der Waals surface area contributed by atoms with Crippen molar-refractivity contribution in [1.29, 1.82) is 0 Å². The summed E-state index contributed by atoms with van der Waals surface area (Å²) < 4.78 is 11.4. The van der Waals surface area contributed by atoms with Crippen LogP contribution < -0.4 is 14.8 Å². The minimum absolute atomic E-state index is 0.123. The van der Waals surface area contributed by atoms with Crippen molar-refractivity contribution in [2.24, 2.45) is 0 Å². The molecule has 0 aromatic heterocycles. The summed E-state index contributed by atoms with van der Waals surface area (Å²) in [5, 5.41) is 2.86. The highest BCUT2D eigenvalue weighted by Gasteiger charge is 2.16. The Morgan fingerprint density at radius 1 is 1.00 bits per heavy atom. The van der Waals surface area contributed by atoms with Crippen LogP contribution in [0.5, 0.6) is 11.5 Å². The standard InChI is InChI=1S/C20H25NO3/c1-5-16-8-6-7-9-19(16)24-15(4)20(22)21-17-10-12-18(13-11-17)23-14(2)3/h6-15H,5H2,1-4H3,(H,21,22)/t15-/m1/s1. The predicted molar refractivity (Wildman–Crippen MR) is 96.7 cm³/mol. The smallest absolute Gasteiger partial charge is 0.265 e. The second-order valence-corrected chi connectivity index (χ2v) is 5.90. The maximum absolute atomic E-state index is 12.3. The Kier molecular flexibility index (Phi) is 6.24. The van der Waals surface area contributed by atoms with E-state index in [1.807, 2.05) is 62.4 Å². The van der Waals surface area contributed by atoms with Gasteiger partial charge in [0.05, 0.1) is 6.10 Å². The highest BCUT2D eigenvalue weighted by molar-refractivity contribution is 5.94. The summed E-state index contributed by atoms with van der Waals surface area (Å²) in [6.07, 6.45) is 0.406. The number of hydrogen-bond donors (Lipinski definition) is 1. The van der Waals surface area contributed by atoms with Gasteiger partial charge in [-0.2, -0.15) is 0 Å². The topological polar surface area (TPSA) is 47.6 Å². The van der Waals surface area contributed by atoms with Gasteiger partial charge in [0.15, 0.2) is 6.10 Å². The van der Waals surface area contributed by atoms with Crippen LogP contribution in [0.15, 0.2) is 48.5 Å². The summed E-state index contributed by atoms with van der Waals surface area (Å²) in [5.74, 6) is 1.35. The van der Waals surface area contributed by atoms with Crippen LogP contribution in [0.2, 0.25) is 0 Å². The monoisotopic (exact) mass is 327 g/mol. The lowest BCUT2D eigenvalue weighted by atomic mass is 10.1. The fourth-order valence-corrected chi connectivity index (χ4v) is 2.29. The van der Waals surface area contributed by atoms with Crippen molar-refractivity contribution >= 4 is 11.6 Å². The molecule has 1 amide bonds. The van der Waals surface area contributed by atoms with Gasteiger partial charge < -0.3 is 14.8 Å². The third-order valence-corrected chi connectivity index (χ3v) is 3.52. The first-order valence-electron chi connectivity index (χ1n) is 8.31. The van der Waals surface area contributed by atoms with E-state index < -0.39 is 6.10 Å². The molecule has 4 heteroatoms. The van der Waals surface area contributed by atoms with E-state index in [1.54, 1.807) is 6.92 Å². The van der Waals surface area contributed by atoms with Gasteiger partial charge in [0.25, 0.3) is 5.91 Å². The Labute approximate surface area is 143 Å². The number of para-hydroxylation sites is 1. The summed E-state index contributed by atoms with van der Waals surface area (Å²) in [5.41, 5.74) is 1.81. The molecule has 0 aliphatic rings. The van der Waals surface area contributed by atoms with E-state index in [1.165, 1.54) is 0 Å². The van der Waals surface area contributed by atoms with E-state index in [0.717, 1.165) is 29.2 Å². The third-order valence-electron chi connectivity index (χ3n) is 3.52. The molecule has 0 saturated heterocycles. The average molecular weight is 327 g/mol. The molecule has 0 heterocycles. The van der Waals surface area contributed by atoms with Gasteiger partial charge in [-0.25, -0.2) is 0 Å². The number of nitrogens with one attached hydrogen (secondary N) is 1. The normalized spacial score (nSPS) is 11.9. The van der Waals surface area contributed by atoms with E-state index in [0.29, 0.717) is 0 Å². The van der Waals surface area contributed by atoms with Crippen LogP contribution >= 0.6 is 0 Å². The Balaban J connectivity index is 1.96. The minimum atomic E-state index is -0.579. The second-order valence-electron chi connectivity index (χ2n) is 5.90. The first kappa shape index (κ1) is 17.9. The van der Waals surface area contributed by atoms with Gasteiger partial charge in [0, 0.05) is 5.69 Å². The second kappa shape index (κ2) is 8.39. The molecular formula is C20H25NO3. The lowest BCUT2D eigenvalue weighted by molar-refractivity contribution is -0.122. The number of ether oxygens (including phenoxy) is 2. The first-order valence-corrected chi connectivity index (χ1v) is 8.31. The molecule has 0 fully saturated rings. The lowest BCUT2D eigenvalue weighted by Crippen LogP contribution is -2.30. The summed E-state index contributed by atoms with van der Waals surface area (Å²) in [7, 11) is 0. The highest BCUT2D eigenvalue weighted by Crippen LogP contribution is 2.21. The number of aryl methyl sites for hydroxylation is 1. The SMILES string of the molecule is CCc1ccccc1O[C@H](C)C(=O)Nc1ccc(OC(C)C)cc1. The van der Waals surface area contributed by atoms with Gasteiger partial charge in [-0.1, -0.05) is 25.1 Å². The molecule has 0 saturated carbocycles. The van der Waals surface area contributed by atoms with Crippen LogP contribution in [0.25, 0.3) is 0 Å². The largest absolute Gasteiger partial charge is 0.491 e. The van der Waals surface area contributed by atoms with Crippen molar-refractivity contribution in [3.8, 4) is 11.5 Å². The van der Waals surface area contributed by atoms with Gasteiger partial charge in [0.2, 0.25) is 0 Å². The molecule has 24 heavy (non-hydrogen) atoms. The van der Waals surface area contributed by atoms with Crippen LogP contribution in [0.3, 0.4) is 0 Å². The molecule has 1 N–H and O–H groups in total. The summed E-state index contributed by atoms with van der Waals surface area (Å²) in [4.78, 5) is 12.3. The molecular weight excluding hydrogens is 302 g/mol. The van der Waals surface area contributed by atoms with Crippen LogP contribution in [-0.2, 0) is 11.2 Å². The molecule has 4 nitrogen and oxygen atoms in total. The molecule has 0 aliphatic heterocycles. The van der Waals surface area contributed by atoms with Gasteiger partial charge in [-0.15, -0.1) is 0 Å². The van der Waals surface area contributed by atoms with E-state index in [9.17, 15) is 4.79 Å². The van der Waals surface area contributed by atoms with Crippen LogP contribution in [0, 0.1) is 0 Å². The summed E-state index contributed by atoms with van der Waals surface area (Å²) >= 11 is 0. The van der Waals surface area contributed by atoms with Crippen molar-refractivity contribution in [2.75, 3.05) is 5.32 Å². The van der Waals surface area contributed by atoms with Crippen LogP contribution in [0.4, 0.5) is 5.69 Å². The van der Waals surface area contributed by atoms with E-state index in [-0.39, 0.29) is 12.0 Å². The number of hydrogen-bond acceptors (Lipinski definition) is 3. The molecule has 0 bridgehead atoms. The zero-order valence-corrected chi connectivity index (χ0v) is 14.7. The van der Waals surface area contributed by atoms with E-state index in [2.05, 4.69) is 12.2 Å². The van der Waals surface area contributed by atoms with Gasteiger partial charge >= 0.3 is 0 Å². The van der Waals surface area contributed by atoms with Crippen molar-refractivity contribution in [3.05, 3.63) is 54.1 Å². The number of benzene rings is 2. The Bertz CT molecular complexity index is 665. The van der Waals surface area contributed by atoms with Crippen molar-refractivity contribution in [2.45, 2.75) is 46.3 Å². The maximum Gasteiger partial charge on any atom is 0.265 e. The molecule has 0 unspecified atom stereocenters. The Morgan fingerprint density at radius 3 is 2.29 bits per heavy atom. The molecule has 2 aromatic carbocycles. The van der Waals surface area contributed by atoms with E-state index in [4.69, 9.17) is 9.47 Å². The fraction of sp³-hybridized carbons (Fsp3) is 0.350. The molecule has 0 radical (unpaired) electrons. The Hall–Kier alpha value is -2.49. The van der Waals surface area contributed by atoms with Crippen molar-refractivity contribution in [1.82, 2.24) is 0 Å². The summed E-state index contributed by atoms with van der Waals surface area (Å²) in [6, 6.07) is 15.1. The molecule has 0 spiro atoms. The van der Waals surface area contributed by atoms with Crippen molar-refractivity contribution in [3.63, 3.8) is 0 Å². The zero-order valence-electron chi connectivity index (χ0n) is 14.7. The van der Waals surface area contributed by atoms with Crippen LogP contribution in [0.1, 0.15) is 33.3 Å². The fourth-order valence-electron chi connectivity index (χ4n) is 2.29. The van der Waals surface area contributed by atoms with Crippen LogP contribution in [-0.4, -0.2) is 18.1 Å². The Morgan fingerprint density at radius 2 is 1.67 bits per heavy atom. The maximum atomic E-state index is 12.3. The van der Waals surface area contributed by atoms with E-state index >= 15 is 0 Å². The van der Waals surface area contributed by atoms with Gasteiger partial charge in [-0.05, 0) is 63.1 Å². The lowest BCUT2D eigenvalue weighted by Gasteiger charge is -2.17. The van der Waals surface area contributed by atoms with Crippen molar-refractivity contribution < 1.29 is 14.3 Å². The highest BCUT2D eigenvalue weighted by atomic mass is 16.5. The number of amides is 1. The molecule has 2 aromatic rings. The quantitative estimate of drug-likeness (QED) is 0.817. The predicted octanol–water partition coefficient (Wildman–Crippen LogP) is 4.44.